The van der Waals surface area contributed by atoms with Crippen LogP contribution in [0.1, 0.15) is 31.2 Å². The highest BCUT2D eigenvalue weighted by Crippen LogP contribution is 2.34. The lowest BCUT2D eigenvalue weighted by atomic mass is 9.92. The van der Waals surface area contributed by atoms with Crippen LogP contribution in [0.3, 0.4) is 0 Å². The van der Waals surface area contributed by atoms with Crippen LogP contribution in [0.2, 0.25) is 0 Å². The third-order valence-electron chi connectivity index (χ3n) is 5.05. The molecule has 2 aliphatic rings. The first-order valence-electron chi connectivity index (χ1n) is 8.98. The molecule has 1 aromatic rings. The number of likely N-dealkylation sites (tertiary alicyclic amines) is 1. The summed E-state index contributed by atoms with van der Waals surface area (Å²) in [6.07, 6.45) is 6.25. The zero-order valence-corrected chi connectivity index (χ0v) is 14.5. The van der Waals surface area contributed by atoms with Gasteiger partial charge in [-0.2, -0.15) is 0 Å². The Labute approximate surface area is 140 Å². The summed E-state index contributed by atoms with van der Waals surface area (Å²) in [7, 11) is 3.93. The van der Waals surface area contributed by atoms with Crippen LogP contribution < -0.4 is 14.8 Å². The summed E-state index contributed by atoms with van der Waals surface area (Å²) < 4.78 is 12.0. The van der Waals surface area contributed by atoms with E-state index in [-0.39, 0.29) is 6.10 Å². The summed E-state index contributed by atoms with van der Waals surface area (Å²) in [5.74, 6) is 2.55. The summed E-state index contributed by atoms with van der Waals surface area (Å²) in [5.41, 5.74) is 1.28. The highest BCUT2D eigenvalue weighted by Gasteiger charge is 2.22. The molecular weight excluding hydrogens is 288 g/mol. The Morgan fingerprint density at radius 2 is 2.17 bits per heavy atom. The Morgan fingerprint density at radius 3 is 2.91 bits per heavy atom. The molecule has 2 fully saturated rings. The summed E-state index contributed by atoms with van der Waals surface area (Å²) in [5, 5.41) is 3.50. The summed E-state index contributed by atoms with van der Waals surface area (Å²) >= 11 is 0. The molecule has 1 aromatic carbocycles. The number of piperidine rings is 2. The quantitative estimate of drug-likeness (QED) is 0.905. The maximum Gasteiger partial charge on any atom is 0.163 e. The van der Waals surface area contributed by atoms with Crippen molar-refractivity contribution < 1.29 is 9.47 Å². The third kappa shape index (κ3) is 4.39. The van der Waals surface area contributed by atoms with E-state index in [0.29, 0.717) is 5.92 Å². The second-order valence-corrected chi connectivity index (χ2v) is 7.01. The number of likely N-dealkylation sites (N-methyl/N-ethyl adjacent to an activating group) is 1. The van der Waals surface area contributed by atoms with Gasteiger partial charge in [0.05, 0.1) is 7.11 Å². The van der Waals surface area contributed by atoms with Crippen molar-refractivity contribution in [1.29, 1.82) is 0 Å². The molecule has 2 saturated heterocycles. The molecule has 128 valence electrons. The van der Waals surface area contributed by atoms with Crippen molar-refractivity contribution in [3.05, 3.63) is 23.8 Å². The van der Waals surface area contributed by atoms with Crippen molar-refractivity contribution in [3.8, 4) is 11.5 Å². The average Bonchev–Trinajstić information content (AvgIpc) is 2.56. The molecule has 0 aromatic heterocycles. The van der Waals surface area contributed by atoms with Crippen LogP contribution in [0.5, 0.6) is 11.5 Å². The third-order valence-corrected chi connectivity index (χ3v) is 5.05. The van der Waals surface area contributed by atoms with Crippen molar-refractivity contribution in [2.75, 3.05) is 40.3 Å². The normalized spacial score (nSPS) is 26.0. The smallest absolute Gasteiger partial charge is 0.163 e. The van der Waals surface area contributed by atoms with Crippen molar-refractivity contribution in [3.63, 3.8) is 0 Å². The fourth-order valence-corrected chi connectivity index (χ4v) is 3.85. The van der Waals surface area contributed by atoms with Gasteiger partial charge in [-0.3, -0.25) is 0 Å². The molecule has 0 bridgehead atoms. The van der Waals surface area contributed by atoms with Gasteiger partial charge in [-0.1, -0.05) is 12.1 Å². The van der Waals surface area contributed by atoms with Gasteiger partial charge in [0.2, 0.25) is 0 Å². The predicted octanol–water partition coefficient (Wildman–Crippen LogP) is 2.71. The first-order valence-corrected chi connectivity index (χ1v) is 8.98. The zero-order chi connectivity index (χ0) is 16.1. The summed E-state index contributed by atoms with van der Waals surface area (Å²) in [6.45, 7) is 4.44. The lowest BCUT2D eigenvalue weighted by molar-refractivity contribution is 0.101. The lowest BCUT2D eigenvalue weighted by Gasteiger charge is -2.31. The van der Waals surface area contributed by atoms with Crippen LogP contribution in [-0.2, 0) is 6.42 Å². The van der Waals surface area contributed by atoms with Gasteiger partial charge in [0, 0.05) is 6.54 Å². The van der Waals surface area contributed by atoms with E-state index in [1.54, 1.807) is 7.11 Å². The minimum atomic E-state index is 0.272. The standard InChI is InChI=1S/C19H30N2O2/c1-21-11-5-8-17(14-21)23-18-9-3-7-16(19(18)22-2)12-15-6-4-10-20-13-15/h3,7,9,15,17,20H,4-6,8,10-14H2,1-2H3. The van der Waals surface area contributed by atoms with Crippen molar-refractivity contribution in [2.45, 2.75) is 38.2 Å². The van der Waals surface area contributed by atoms with Gasteiger partial charge >= 0.3 is 0 Å². The molecule has 2 heterocycles. The van der Waals surface area contributed by atoms with Gasteiger partial charge in [0.1, 0.15) is 6.10 Å². The van der Waals surface area contributed by atoms with Gasteiger partial charge in [0.25, 0.3) is 0 Å². The molecular formula is C19H30N2O2. The Morgan fingerprint density at radius 1 is 1.26 bits per heavy atom. The molecule has 2 unspecified atom stereocenters. The summed E-state index contributed by atoms with van der Waals surface area (Å²) in [6, 6.07) is 6.35. The topological polar surface area (TPSA) is 33.7 Å². The maximum absolute atomic E-state index is 6.30. The monoisotopic (exact) mass is 318 g/mol. The van der Waals surface area contributed by atoms with Crippen molar-refractivity contribution in [1.82, 2.24) is 10.2 Å². The number of para-hydroxylation sites is 1. The van der Waals surface area contributed by atoms with Gasteiger partial charge in [-0.15, -0.1) is 0 Å². The van der Waals surface area contributed by atoms with Crippen LogP contribution in [0.25, 0.3) is 0 Å². The fraction of sp³-hybridized carbons (Fsp3) is 0.684. The van der Waals surface area contributed by atoms with Crippen LogP contribution >= 0.6 is 0 Å². The van der Waals surface area contributed by atoms with Gasteiger partial charge in [0.15, 0.2) is 11.5 Å². The van der Waals surface area contributed by atoms with E-state index in [9.17, 15) is 0 Å². The number of nitrogens with zero attached hydrogens (tertiary/aromatic N) is 1. The molecule has 4 nitrogen and oxygen atoms in total. The number of methoxy groups -OCH3 is 1. The van der Waals surface area contributed by atoms with Crippen molar-refractivity contribution >= 4 is 0 Å². The van der Waals surface area contributed by atoms with E-state index < -0.39 is 0 Å². The van der Waals surface area contributed by atoms with Gasteiger partial charge in [-0.05, 0) is 76.3 Å². The first-order chi connectivity index (χ1) is 11.3. The predicted molar refractivity (Wildman–Crippen MR) is 93.4 cm³/mol. The largest absolute Gasteiger partial charge is 0.493 e. The molecule has 0 saturated carbocycles. The SMILES string of the molecule is COc1c(CC2CCCNC2)cccc1OC1CCCN(C)C1. The Bertz CT molecular complexity index is 500. The molecule has 0 amide bonds. The number of benzene rings is 1. The first kappa shape index (κ1) is 16.6. The Kier molecular flexibility index (Phi) is 5.79. The van der Waals surface area contributed by atoms with E-state index >= 15 is 0 Å². The highest BCUT2D eigenvalue weighted by molar-refractivity contribution is 5.47. The van der Waals surface area contributed by atoms with Crippen LogP contribution in [-0.4, -0.2) is 51.3 Å². The number of hydrogen-bond acceptors (Lipinski definition) is 4. The molecule has 23 heavy (non-hydrogen) atoms. The van der Waals surface area contributed by atoms with E-state index in [1.807, 2.05) is 0 Å². The number of nitrogens with one attached hydrogen (secondary N) is 1. The molecule has 2 aliphatic heterocycles. The van der Waals surface area contributed by atoms with Crippen LogP contribution in [0.15, 0.2) is 18.2 Å². The van der Waals surface area contributed by atoms with E-state index in [2.05, 4.69) is 35.5 Å². The highest BCUT2D eigenvalue weighted by atomic mass is 16.5. The molecule has 2 atom stereocenters. The van der Waals surface area contributed by atoms with E-state index in [0.717, 1.165) is 44.0 Å². The Balaban J connectivity index is 1.70. The molecule has 0 aliphatic carbocycles. The molecule has 4 heteroatoms. The zero-order valence-electron chi connectivity index (χ0n) is 14.5. The van der Waals surface area contributed by atoms with Crippen LogP contribution in [0.4, 0.5) is 0 Å². The fourth-order valence-electron chi connectivity index (χ4n) is 3.85. The van der Waals surface area contributed by atoms with E-state index in [4.69, 9.17) is 9.47 Å². The second-order valence-electron chi connectivity index (χ2n) is 7.01. The molecule has 1 N–H and O–H groups in total. The second kappa shape index (κ2) is 8.02. The average molecular weight is 318 g/mol. The van der Waals surface area contributed by atoms with E-state index in [1.165, 1.54) is 31.4 Å². The molecule has 0 spiro atoms. The molecule has 0 radical (unpaired) electrons. The van der Waals surface area contributed by atoms with Gasteiger partial charge in [-0.25, -0.2) is 0 Å². The van der Waals surface area contributed by atoms with Crippen LogP contribution in [0, 0.1) is 5.92 Å². The number of rotatable bonds is 5. The summed E-state index contributed by atoms with van der Waals surface area (Å²) in [4.78, 5) is 2.35. The Hall–Kier alpha value is -1.26. The van der Waals surface area contributed by atoms with Crippen molar-refractivity contribution in [2.24, 2.45) is 5.92 Å². The minimum absolute atomic E-state index is 0.272. The maximum atomic E-state index is 6.30. The molecule has 3 rings (SSSR count). The minimum Gasteiger partial charge on any atom is -0.493 e. The number of ether oxygens (including phenoxy) is 2. The lowest BCUT2D eigenvalue weighted by Crippen LogP contribution is -2.38. The number of hydrogen-bond donors (Lipinski definition) is 1. The van der Waals surface area contributed by atoms with Gasteiger partial charge < -0.3 is 19.7 Å².